The average Bonchev–Trinajstić information content (AvgIpc) is 2.92. The van der Waals surface area contributed by atoms with Crippen molar-refractivity contribution in [3.63, 3.8) is 0 Å². The zero-order valence-corrected chi connectivity index (χ0v) is 22.5. The molecule has 8 nitrogen and oxygen atoms in total. The Morgan fingerprint density at radius 2 is 1.92 bits per heavy atom. The molecule has 8 heteroatoms. The van der Waals surface area contributed by atoms with Crippen molar-refractivity contribution in [2.75, 3.05) is 50.4 Å². The smallest absolute Gasteiger partial charge is 0.255 e. The second-order valence-corrected chi connectivity index (χ2v) is 9.64. The molecule has 0 atom stereocenters. The van der Waals surface area contributed by atoms with Gasteiger partial charge in [0.05, 0.1) is 5.69 Å². The van der Waals surface area contributed by atoms with Gasteiger partial charge in [-0.1, -0.05) is 24.3 Å². The van der Waals surface area contributed by atoms with Gasteiger partial charge in [-0.15, -0.1) is 6.58 Å². The number of nitrogens with zero attached hydrogens (tertiary/aromatic N) is 4. The molecular formula is C30H37N7O. The molecule has 1 fully saturated rings. The second-order valence-electron chi connectivity index (χ2n) is 9.64. The third kappa shape index (κ3) is 7.50. The summed E-state index contributed by atoms with van der Waals surface area (Å²) in [5.41, 5.74) is 6.25. The molecule has 0 bridgehead atoms. The summed E-state index contributed by atoms with van der Waals surface area (Å²) in [6.45, 7) is 13.6. The van der Waals surface area contributed by atoms with E-state index >= 15 is 0 Å². The molecule has 3 aromatic rings. The molecule has 0 aliphatic carbocycles. The minimum absolute atomic E-state index is 0.142. The summed E-state index contributed by atoms with van der Waals surface area (Å²) in [4.78, 5) is 26.5. The van der Waals surface area contributed by atoms with Crippen molar-refractivity contribution in [1.82, 2.24) is 25.1 Å². The van der Waals surface area contributed by atoms with Crippen LogP contribution in [0.3, 0.4) is 0 Å². The van der Waals surface area contributed by atoms with Crippen LogP contribution in [0.2, 0.25) is 0 Å². The predicted octanol–water partition coefficient (Wildman–Crippen LogP) is 4.66. The third-order valence-electron chi connectivity index (χ3n) is 6.46. The number of anilines is 3. The SMILES string of the molecule is C=CCN(C)/C=C(\C)c1ccnc(Nc2cc(NC(=O)c3ccc(CN4CCNCC4)cc3)ccc2C)n1. The first-order valence-corrected chi connectivity index (χ1v) is 13.0. The zero-order chi connectivity index (χ0) is 26.9. The summed E-state index contributed by atoms with van der Waals surface area (Å²) in [7, 11) is 2.00. The van der Waals surface area contributed by atoms with Crippen molar-refractivity contribution in [3.05, 3.63) is 96.0 Å². The number of piperazine rings is 1. The fraction of sp³-hybridized carbons (Fsp3) is 0.300. The van der Waals surface area contributed by atoms with Gasteiger partial charge in [0.1, 0.15) is 0 Å². The molecular weight excluding hydrogens is 474 g/mol. The number of carbonyl (C=O) groups excluding carboxylic acids is 1. The van der Waals surface area contributed by atoms with Gasteiger partial charge in [-0.25, -0.2) is 9.97 Å². The maximum Gasteiger partial charge on any atom is 0.255 e. The van der Waals surface area contributed by atoms with Crippen molar-refractivity contribution >= 4 is 28.8 Å². The molecule has 1 aliphatic rings. The van der Waals surface area contributed by atoms with Crippen LogP contribution >= 0.6 is 0 Å². The van der Waals surface area contributed by atoms with E-state index in [9.17, 15) is 4.79 Å². The van der Waals surface area contributed by atoms with Crippen molar-refractivity contribution in [2.45, 2.75) is 20.4 Å². The number of carbonyl (C=O) groups is 1. The highest BCUT2D eigenvalue weighted by Gasteiger charge is 2.12. The van der Waals surface area contributed by atoms with E-state index in [4.69, 9.17) is 0 Å². The quantitative estimate of drug-likeness (QED) is 0.341. The van der Waals surface area contributed by atoms with Crippen molar-refractivity contribution < 1.29 is 4.79 Å². The highest BCUT2D eigenvalue weighted by Crippen LogP contribution is 2.24. The van der Waals surface area contributed by atoms with Gasteiger partial charge in [0.25, 0.3) is 5.91 Å². The van der Waals surface area contributed by atoms with E-state index in [1.54, 1.807) is 6.20 Å². The van der Waals surface area contributed by atoms with Crippen molar-refractivity contribution in [1.29, 1.82) is 0 Å². The largest absolute Gasteiger partial charge is 0.376 e. The molecule has 2 aromatic carbocycles. The van der Waals surface area contributed by atoms with Gasteiger partial charge in [0, 0.05) is 75.7 Å². The lowest BCUT2D eigenvalue weighted by Gasteiger charge is -2.27. The predicted molar refractivity (Wildman–Crippen MR) is 156 cm³/mol. The molecule has 1 saturated heterocycles. The Balaban J connectivity index is 1.41. The number of aromatic nitrogens is 2. The van der Waals surface area contributed by atoms with Crippen LogP contribution in [0.4, 0.5) is 17.3 Å². The molecule has 38 heavy (non-hydrogen) atoms. The third-order valence-corrected chi connectivity index (χ3v) is 6.46. The molecule has 0 saturated carbocycles. The Morgan fingerprint density at radius 1 is 1.16 bits per heavy atom. The standard InChI is InChI=1S/C30H37N7O/c1-5-16-36(4)20-23(3)27-12-13-32-30(34-27)35-28-19-26(11-6-22(28)2)33-29(38)25-9-7-24(8-10-25)21-37-17-14-31-15-18-37/h5-13,19-20,31H,1,14-18,21H2,2-4H3,(H,33,38)(H,32,34,35)/b23-20+. The molecule has 1 aromatic heterocycles. The molecule has 1 aliphatic heterocycles. The van der Waals surface area contributed by atoms with E-state index in [1.807, 2.05) is 86.6 Å². The molecule has 4 rings (SSSR count). The summed E-state index contributed by atoms with van der Waals surface area (Å²) in [6, 6.07) is 15.5. The average molecular weight is 512 g/mol. The van der Waals surface area contributed by atoms with E-state index < -0.39 is 0 Å². The Labute approximate surface area is 225 Å². The summed E-state index contributed by atoms with van der Waals surface area (Å²) < 4.78 is 0. The highest BCUT2D eigenvalue weighted by molar-refractivity contribution is 6.04. The Kier molecular flexibility index (Phi) is 9.24. The highest BCUT2D eigenvalue weighted by atomic mass is 16.1. The molecule has 0 spiro atoms. The van der Waals surface area contributed by atoms with Crippen LogP contribution in [0.25, 0.3) is 5.57 Å². The van der Waals surface area contributed by atoms with Gasteiger partial charge in [-0.05, 0) is 60.9 Å². The first-order valence-electron chi connectivity index (χ1n) is 13.0. The monoisotopic (exact) mass is 511 g/mol. The van der Waals surface area contributed by atoms with Crippen LogP contribution in [0.5, 0.6) is 0 Å². The summed E-state index contributed by atoms with van der Waals surface area (Å²) in [5, 5.41) is 9.69. The molecule has 3 N–H and O–H groups in total. The van der Waals surface area contributed by atoms with Crippen molar-refractivity contribution in [3.8, 4) is 0 Å². The number of hydrogen-bond donors (Lipinski definition) is 3. The minimum atomic E-state index is -0.142. The van der Waals surface area contributed by atoms with Crippen LogP contribution in [0.15, 0.2) is 73.6 Å². The van der Waals surface area contributed by atoms with Crippen LogP contribution in [-0.2, 0) is 6.54 Å². The number of hydrogen-bond acceptors (Lipinski definition) is 7. The van der Waals surface area contributed by atoms with E-state index in [2.05, 4.69) is 37.4 Å². The lowest BCUT2D eigenvalue weighted by molar-refractivity contribution is 0.102. The van der Waals surface area contributed by atoms with Gasteiger partial charge < -0.3 is 20.9 Å². The van der Waals surface area contributed by atoms with Crippen LogP contribution in [0, 0.1) is 6.92 Å². The van der Waals surface area contributed by atoms with Gasteiger partial charge in [-0.3, -0.25) is 9.69 Å². The molecule has 0 radical (unpaired) electrons. The van der Waals surface area contributed by atoms with E-state index in [1.165, 1.54) is 5.56 Å². The van der Waals surface area contributed by atoms with Crippen LogP contribution in [0.1, 0.15) is 34.1 Å². The fourth-order valence-corrected chi connectivity index (χ4v) is 4.34. The number of benzene rings is 2. The lowest BCUT2D eigenvalue weighted by Crippen LogP contribution is -2.42. The van der Waals surface area contributed by atoms with Gasteiger partial charge in [0.2, 0.25) is 5.95 Å². The Hall–Kier alpha value is -4.01. The first-order chi connectivity index (χ1) is 18.4. The van der Waals surface area contributed by atoms with E-state index in [-0.39, 0.29) is 5.91 Å². The zero-order valence-electron chi connectivity index (χ0n) is 22.5. The summed E-state index contributed by atoms with van der Waals surface area (Å²) in [6.07, 6.45) is 5.63. The van der Waals surface area contributed by atoms with Crippen molar-refractivity contribution in [2.24, 2.45) is 0 Å². The van der Waals surface area contributed by atoms with Gasteiger partial charge in [-0.2, -0.15) is 0 Å². The Bertz CT molecular complexity index is 1280. The topological polar surface area (TPSA) is 85.4 Å². The lowest BCUT2D eigenvalue weighted by atomic mass is 10.1. The number of aryl methyl sites for hydroxylation is 1. The number of nitrogens with one attached hydrogen (secondary N) is 3. The fourth-order valence-electron chi connectivity index (χ4n) is 4.34. The molecule has 2 heterocycles. The second kappa shape index (κ2) is 13.0. The minimum Gasteiger partial charge on any atom is -0.376 e. The Morgan fingerprint density at radius 3 is 2.66 bits per heavy atom. The number of likely N-dealkylation sites (N-methyl/N-ethyl adjacent to an activating group) is 1. The molecule has 1 amide bonds. The molecule has 0 unspecified atom stereocenters. The normalized spacial score (nSPS) is 14.1. The number of allylic oxidation sites excluding steroid dienone is 1. The maximum atomic E-state index is 12.9. The number of rotatable bonds is 10. The van der Waals surface area contributed by atoms with Crippen LogP contribution in [-0.4, -0.2) is 65.4 Å². The summed E-state index contributed by atoms with van der Waals surface area (Å²) >= 11 is 0. The van der Waals surface area contributed by atoms with Crippen LogP contribution < -0.4 is 16.0 Å². The summed E-state index contributed by atoms with van der Waals surface area (Å²) in [5.74, 6) is 0.351. The van der Waals surface area contributed by atoms with Gasteiger partial charge in [0.15, 0.2) is 0 Å². The van der Waals surface area contributed by atoms with Gasteiger partial charge >= 0.3 is 0 Å². The maximum absolute atomic E-state index is 12.9. The van der Waals surface area contributed by atoms with E-state index in [0.717, 1.165) is 61.8 Å². The number of amides is 1. The first kappa shape index (κ1) is 27.0. The molecule has 198 valence electrons. The van der Waals surface area contributed by atoms with E-state index in [0.29, 0.717) is 17.2 Å².